The van der Waals surface area contributed by atoms with E-state index in [1.807, 2.05) is 54.5 Å². The van der Waals surface area contributed by atoms with Crippen LogP contribution in [-0.2, 0) is 0 Å². The van der Waals surface area contributed by atoms with Crippen molar-refractivity contribution in [3.05, 3.63) is 35.1 Å². The molecule has 90 valence electrons. The maximum absolute atomic E-state index is 12.6. The molecule has 0 fully saturated rings. The van der Waals surface area contributed by atoms with Crippen molar-refractivity contribution in [3.63, 3.8) is 0 Å². The van der Waals surface area contributed by atoms with Gasteiger partial charge in [-0.1, -0.05) is 53.7 Å². The Bertz CT molecular complexity index is 217. The normalized spacial score (nSPS) is 7.00. The number of hydrogen-bond donors (Lipinski definition) is 0. The molecule has 0 saturated carbocycles. The van der Waals surface area contributed by atoms with Crippen molar-refractivity contribution >= 4 is 0 Å². The Hall–Kier alpha value is -0.850. The third-order valence-corrected chi connectivity index (χ3v) is 1.33. The quantitative estimate of drug-likeness (QED) is 0.533. The number of rotatable bonds is 0. The second-order valence-corrected chi connectivity index (χ2v) is 2.25. The van der Waals surface area contributed by atoms with Crippen LogP contribution < -0.4 is 0 Å². The van der Waals surface area contributed by atoms with Crippen molar-refractivity contribution in [3.8, 4) is 0 Å². The molecule has 0 aliphatic carbocycles. The first-order chi connectivity index (χ1) is 7.20. The predicted molar refractivity (Wildman–Crippen MR) is 69.9 cm³/mol. The predicted octanol–water partition coefficient (Wildman–Crippen LogP) is 5.52. The first-order valence-corrected chi connectivity index (χ1v) is 5.93. The first-order valence-electron chi connectivity index (χ1n) is 5.93. The number of aryl methyl sites for hydroxylation is 2. The van der Waals surface area contributed by atoms with Gasteiger partial charge in [0.15, 0.2) is 0 Å². The molecule has 1 rings (SSSR count). The molecular formula is C14H27F. The van der Waals surface area contributed by atoms with Gasteiger partial charge in [-0.2, -0.15) is 0 Å². The molecule has 1 heteroatoms. The van der Waals surface area contributed by atoms with E-state index in [9.17, 15) is 4.39 Å². The summed E-state index contributed by atoms with van der Waals surface area (Å²) in [5.74, 6) is -0.116. The van der Waals surface area contributed by atoms with Gasteiger partial charge in [0.2, 0.25) is 0 Å². The van der Waals surface area contributed by atoms with Gasteiger partial charge in [-0.15, -0.1) is 0 Å². The van der Waals surface area contributed by atoms with Gasteiger partial charge in [0.1, 0.15) is 5.82 Å². The highest BCUT2D eigenvalue weighted by Gasteiger charge is 1.93. The van der Waals surface area contributed by atoms with Crippen LogP contribution in [0.5, 0.6) is 0 Å². The van der Waals surface area contributed by atoms with Gasteiger partial charge in [-0.05, 0) is 31.0 Å². The lowest BCUT2D eigenvalue weighted by atomic mass is 10.2. The van der Waals surface area contributed by atoms with E-state index in [1.165, 1.54) is 6.07 Å². The number of hydrogen-bond acceptors (Lipinski definition) is 0. The van der Waals surface area contributed by atoms with Crippen LogP contribution in [0, 0.1) is 19.7 Å². The summed E-state index contributed by atoms with van der Waals surface area (Å²) in [6.07, 6.45) is 0. The lowest BCUT2D eigenvalue weighted by Crippen LogP contribution is -1.81. The smallest absolute Gasteiger partial charge is 0.126 e. The van der Waals surface area contributed by atoms with Crippen molar-refractivity contribution < 1.29 is 4.39 Å². The summed E-state index contributed by atoms with van der Waals surface area (Å²) < 4.78 is 12.6. The molecule has 0 saturated heterocycles. The molecular weight excluding hydrogens is 187 g/mol. The molecule has 0 radical (unpaired) electrons. The van der Waals surface area contributed by atoms with Crippen LogP contribution in [-0.4, -0.2) is 0 Å². The van der Waals surface area contributed by atoms with E-state index in [0.717, 1.165) is 5.56 Å². The van der Waals surface area contributed by atoms with E-state index in [-0.39, 0.29) is 5.82 Å². The Balaban J connectivity index is -0.000000208. The maximum Gasteiger partial charge on any atom is 0.126 e. The summed E-state index contributed by atoms with van der Waals surface area (Å²) >= 11 is 0. The van der Waals surface area contributed by atoms with Crippen LogP contribution in [0.3, 0.4) is 0 Å². The second kappa shape index (κ2) is 15.6. The fourth-order valence-corrected chi connectivity index (χ4v) is 0.698. The van der Waals surface area contributed by atoms with E-state index in [0.29, 0.717) is 5.56 Å². The Morgan fingerprint density at radius 2 is 1.20 bits per heavy atom. The van der Waals surface area contributed by atoms with Gasteiger partial charge in [-0.3, -0.25) is 0 Å². The van der Waals surface area contributed by atoms with Crippen molar-refractivity contribution in [2.45, 2.75) is 55.4 Å². The van der Waals surface area contributed by atoms with Crippen LogP contribution in [0.15, 0.2) is 18.2 Å². The summed E-state index contributed by atoms with van der Waals surface area (Å²) in [4.78, 5) is 0. The minimum absolute atomic E-state index is 0.116. The molecule has 0 unspecified atom stereocenters. The van der Waals surface area contributed by atoms with E-state index < -0.39 is 0 Å². The Morgan fingerprint density at radius 3 is 1.47 bits per heavy atom. The maximum atomic E-state index is 12.6. The van der Waals surface area contributed by atoms with Crippen LogP contribution in [0.25, 0.3) is 0 Å². The highest BCUT2D eigenvalue weighted by Crippen LogP contribution is 2.06. The Morgan fingerprint density at radius 1 is 0.800 bits per heavy atom. The van der Waals surface area contributed by atoms with Gasteiger partial charge < -0.3 is 0 Å². The largest absolute Gasteiger partial charge is 0.207 e. The molecule has 1 aromatic carbocycles. The summed E-state index contributed by atoms with van der Waals surface area (Å²) in [7, 11) is 0. The molecule has 0 aliphatic heterocycles. The second-order valence-electron chi connectivity index (χ2n) is 2.25. The van der Waals surface area contributed by atoms with E-state index in [4.69, 9.17) is 0 Å². The topological polar surface area (TPSA) is 0 Å². The molecule has 1 aromatic rings. The average molecular weight is 214 g/mol. The van der Waals surface area contributed by atoms with Crippen LogP contribution in [0.1, 0.15) is 52.7 Å². The minimum atomic E-state index is -0.116. The summed E-state index contributed by atoms with van der Waals surface area (Å²) in [5, 5.41) is 0. The Labute approximate surface area is 95.5 Å². The van der Waals surface area contributed by atoms with Gasteiger partial charge >= 0.3 is 0 Å². The zero-order chi connectivity index (χ0) is 12.9. The lowest BCUT2D eigenvalue weighted by molar-refractivity contribution is 0.617. The molecule has 0 spiro atoms. The van der Waals surface area contributed by atoms with Crippen molar-refractivity contribution in [2.24, 2.45) is 0 Å². The molecule has 0 amide bonds. The third kappa shape index (κ3) is 11.1. The molecule has 0 bridgehead atoms. The summed E-state index contributed by atoms with van der Waals surface area (Å²) in [5.41, 5.74) is 1.68. The molecule has 0 N–H and O–H groups in total. The highest BCUT2D eigenvalue weighted by molar-refractivity contribution is 5.21. The standard InChI is InChI=1S/C8H9F.3C2H6/c1-6-3-4-7(2)8(9)5-6;3*1-2/h3-5H,1-2H3;3*1-2H3. The molecule has 15 heavy (non-hydrogen) atoms. The van der Waals surface area contributed by atoms with Crippen molar-refractivity contribution in [1.29, 1.82) is 0 Å². The molecule has 0 aromatic heterocycles. The minimum Gasteiger partial charge on any atom is -0.207 e. The SMILES string of the molecule is CC.CC.CC.Cc1ccc(C)c(F)c1. The summed E-state index contributed by atoms with van der Waals surface area (Å²) in [6.45, 7) is 15.6. The number of halogens is 1. The van der Waals surface area contributed by atoms with E-state index in [2.05, 4.69) is 0 Å². The fourth-order valence-electron chi connectivity index (χ4n) is 0.698. The van der Waals surface area contributed by atoms with Crippen LogP contribution in [0.4, 0.5) is 4.39 Å². The first kappa shape index (κ1) is 19.7. The zero-order valence-corrected chi connectivity index (χ0v) is 11.6. The zero-order valence-electron chi connectivity index (χ0n) is 11.6. The summed E-state index contributed by atoms with van der Waals surface area (Å²) in [6, 6.07) is 5.22. The molecule has 0 atom stereocenters. The molecule has 0 heterocycles. The third-order valence-electron chi connectivity index (χ3n) is 1.33. The van der Waals surface area contributed by atoms with Gasteiger partial charge in [0.25, 0.3) is 0 Å². The van der Waals surface area contributed by atoms with Crippen LogP contribution >= 0.6 is 0 Å². The van der Waals surface area contributed by atoms with Crippen LogP contribution in [0.2, 0.25) is 0 Å². The van der Waals surface area contributed by atoms with E-state index >= 15 is 0 Å². The van der Waals surface area contributed by atoms with Crippen molar-refractivity contribution in [1.82, 2.24) is 0 Å². The molecule has 0 aliphatic rings. The van der Waals surface area contributed by atoms with Gasteiger partial charge in [0.05, 0.1) is 0 Å². The number of benzene rings is 1. The monoisotopic (exact) mass is 214 g/mol. The van der Waals surface area contributed by atoms with E-state index in [1.54, 1.807) is 13.0 Å². The molecule has 0 nitrogen and oxygen atoms in total. The lowest BCUT2D eigenvalue weighted by Gasteiger charge is -1.94. The fraction of sp³-hybridized carbons (Fsp3) is 0.571. The van der Waals surface area contributed by atoms with Crippen molar-refractivity contribution in [2.75, 3.05) is 0 Å². The van der Waals surface area contributed by atoms with Gasteiger partial charge in [-0.25, -0.2) is 4.39 Å². The highest BCUT2D eigenvalue weighted by atomic mass is 19.1. The average Bonchev–Trinajstić information content (AvgIpc) is 2.32. The Kier molecular flexibility index (Phi) is 20.5. The van der Waals surface area contributed by atoms with Gasteiger partial charge in [0, 0.05) is 0 Å².